The number of hydrogen-bond acceptors (Lipinski definition) is 5. The summed E-state index contributed by atoms with van der Waals surface area (Å²) in [7, 11) is 0. The molecule has 0 N–H and O–H groups in total. The van der Waals surface area contributed by atoms with Crippen molar-refractivity contribution in [3.8, 4) is 17.1 Å². The van der Waals surface area contributed by atoms with Crippen molar-refractivity contribution < 1.29 is 4.42 Å². The molecule has 0 unspecified atom stereocenters. The van der Waals surface area contributed by atoms with Crippen LogP contribution in [0.5, 0.6) is 0 Å². The van der Waals surface area contributed by atoms with Gasteiger partial charge in [-0.25, -0.2) is 4.98 Å². The van der Waals surface area contributed by atoms with E-state index in [1.807, 2.05) is 41.8 Å². The minimum Gasteiger partial charge on any atom is -0.434 e. The fraction of sp³-hybridized carbons (Fsp3) is 0.0667. The lowest BCUT2D eigenvalue weighted by molar-refractivity contribution is 0.619. The molecule has 102 valence electrons. The molecule has 0 fully saturated rings. The summed E-state index contributed by atoms with van der Waals surface area (Å²) in [6.07, 6.45) is 5.03. The molecule has 0 aliphatic rings. The summed E-state index contributed by atoms with van der Waals surface area (Å²) in [5, 5.41) is 7.68. The van der Waals surface area contributed by atoms with Gasteiger partial charge in [-0.3, -0.25) is 4.57 Å². The zero-order chi connectivity index (χ0) is 14.2. The normalized spacial score (nSPS) is 11.1. The van der Waals surface area contributed by atoms with Gasteiger partial charge < -0.3 is 4.42 Å². The van der Waals surface area contributed by atoms with Gasteiger partial charge in [-0.2, -0.15) is 4.98 Å². The number of oxazole rings is 1. The molecule has 0 amide bonds. The third-order valence-corrected chi connectivity index (χ3v) is 3.32. The van der Waals surface area contributed by atoms with Crippen LogP contribution in [0, 0.1) is 6.92 Å². The molecule has 6 nitrogen and oxygen atoms in total. The van der Waals surface area contributed by atoms with Crippen LogP contribution in [0.4, 0.5) is 0 Å². The first-order valence-corrected chi connectivity index (χ1v) is 6.49. The van der Waals surface area contributed by atoms with E-state index in [1.54, 1.807) is 18.9 Å². The molecule has 1 aromatic carbocycles. The lowest BCUT2D eigenvalue weighted by Gasteiger charge is -2.07. The monoisotopic (exact) mass is 277 g/mol. The molecule has 21 heavy (non-hydrogen) atoms. The third kappa shape index (κ3) is 1.97. The average Bonchev–Trinajstić information content (AvgIpc) is 3.17. The van der Waals surface area contributed by atoms with Gasteiger partial charge in [0.25, 0.3) is 0 Å². The maximum absolute atomic E-state index is 5.75. The molecular weight excluding hydrogens is 266 g/mol. The summed E-state index contributed by atoms with van der Waals surface area (Å²) in [6.45, 7) is 2.03. The van der Waals surface area contributed by atoms with E-state index in [0.717, 1.165) is 16.8 Å². The van der Waals surface area contributed by atoms with Gasteiger partial charge >= 0.3 is 0 Å². The fourth-order valence-corrected chi connectivity index (χ4v) is 2.24. The highest BCUT2D eigenvalue weighted by atomic mass is 16.3. The summed E-state index contributed by atoms with van der Waals surface area (Å²) in [4.78, 5) is 8.60. The first-order valence-electron chi connectivity index (χ1n) is 6.49. The number of pyridine rings is 1. The summed E-state index contributed by atoms with van der Waals surface area (Å²) in [5.41, 5.74) is 4.29. The number of rotatable bonds is 2. The predicted octanol–water partition coefficient (Wildman–Crippen LogP) is 2.78. The van der Waals surface area contributed by atoms with Crippen LogP contribution in [-0.4, -0.2) is 24.7 Å². The molecule has 0 spiro atoms. The Labute approximate surface area is 120 Å². The summed E-state index contributed by atoms with van der Waals surface area (Å²) in [6, 6.07) is 9.69. The fourth-order valence-electron chi connectivity index (χ4n) is 2.24. The van der Waals surface area contributed by atoms with Crippen molar-refractivity contribution in [3.05, 3.63) is 54.7 Å². The van der Waals surface area contributed by atoms with Gasteiger partial charge in [0.1, 0.15) is 12.7 Å². The topological polar surface area (TPSA) is 69.6 Å². The lowest BCUT2D eigenvalue weighted by Crippen LogP contribution is -1.94. The molecule has 4 rings (SSSR count). The Morgan fingerprint density at radius 3 is 2.76 bits per heavy atom. The van der Waals surface area contributed by atoms with Gasteiger partial charge in [-0.15, -0.1) is 10.2 Å². The van der Waals surface area contributed by atoms with Gasteiger partial charge in [-0.05, 0) is 36.8 Å². The number of nitrogens with zero attached hydrogens (tertiary/aromatic N) is 5. The summed E-state index contributed by atoms with van der Waals surface area (Å²) >= 11 is 0. The van der Waals surface area contributed by atoms with Crippen LogP contribution in [0.15, 0.2) is 53.6 Å². The molecule has 0 saturated carbocycles. The van der Waals surface area contributed by atoms with Crippen molar-refractivity contribution in [1.29, 1.82) is 0 Å². The molecule has 0 aliphatic heterocycles. The van der Waals surface area contributed by atoms with Crippen LogP contribution in [0.3, 0.4) is 0 Å². The van der Waals surface area contributed by atoms with Crippen LogP contribution < -0.4 is 0 Å². The van der Waals surface area contributed by atoms with Crippen molar-refractivity contribution in [3.63, 3.8) is 0 Å². The Hall–Kier alpha value is -3.02. The Kier molecular flexibility index (Phi) is 2.53. The minimum atomic E-state index is 0.554. The van der Waals surface area contributed by atoms with E-state index in [-0.39, 0.29) is 0 Å². The number of hydrogen-bond donors (Lipinski definition) is 0. The van der Waals surface area contributed by atoms with Crippen LogP contribution in [0.2, 0.25) is 0 Å². The molecule has 0 aliphatic carbocycles. The maximum atomic E-state index is 5.75. The quantitative estimate of drug-likeness (QED) is 0.563. The van der Waals surface area contributed by atoms with E-state index in [0.29, 0.717) is 17.1 Å². The number of aromatic nitrogens is 5. The van der Waals surface area contributed by atoms with E-state index in [9.17, 15) is 0 Å². The van der Waals surface area contributed by atoms with Crippen molar-refractivity contribution in [2.45, 2.75) is 6.92 Å². The van der Waals surface area contributed by atoms with Gasteiger partial charge in [0.15, 0.2) is 11.2 Å². The van der Waals surface area contributed by atoms with Gasteiger partial charge in [0, 0.05) is 11.8 Å². The number of fused-ring (bicyclic) bond motifs is 1. The first-order chi connectivity index (χ1) is 10.3. The van der Waals surface area contributed by atoms with Crippen LogP contribution >= 0.6 is 0 Å². The zero-order valence-corrected chi connectivity index (χ0v) is 11.3. The highest BCUT2D eigenvalue weighted by Crippen LogP contribution is 2.26. The Bertz CT molecular complexity index is 878. The largest absolute Gasteiger partial charge is 0.434 e. The van der Waals surface area contributed by atoms with Gasteiger partial charge in [0.2, 0.25) is 5.89 Å². The van der Waals surface area contributed by atoms with Gasteiger partial charge in [0.05, 0.1) is 5.69 Å². The number of aryl methyl sites for hydroxylation is 1. The van der Waals surface area contributed by atoms with E-state index in [1.165, 1.54) is 0 Å². The molecule has 0 radical (unpaired) electrons. The Morgan fingerprint density at radius 1 is 1.10 bits per heavy atom. The van der Waals surface area contributed by atoms with Crippen molar-refractivity contribution in [1.82, 2.24) is 24.7 Å². The van der Waals surface area contributed by atoms with Crippen LogP contribution in [0.25, 0.3) is 28.4 Å². The SMILES string of the molecule is Cc1ccc(-c2nc3ncccc3o2)cc1-n1cnnc1. The first kappa shape index (κ1) is 11.8. The molecule has 0 saturated heterocycles. The second-order valence-corrected chi connectivity index (χ2v) is 4.71. The van der Waals surface area contributed by atoms with Crippen LogP contribution in [-0.2, 0) is 0 Å². The van der Waals surface area contributed by atoms with Gasteiger partial charge in [-0.1, -0.05) is 6.07 Å². The maximum Gasteiger partial charge on any atom is 0.228 e. The molecule has 4 aromatic rings. The summed E-state index contributed by atoms with van der Waals surface area (Å²) < 4.78 is 7.61. The standard InChI is InChI=1S/C15H11N5O/c1-10-4-5-11(7-12(10)20-8-17-18-9-20)15-19-14-13(21-15)3-2-6-16-14/h2-9H,1H3. The number of benzene rings is 1. The smallest absolute Gasteiger partial charge is 0.228 e. The van der Waals surface area contributed by atoms with Crippen molar-refractivity contribution >= 4 is 11.2 Å². The van der Waals surface area contributed by atoms with E-state index < -0.39 is 0 Å². The zero-order valence-electron chi connectivity index (χ0n) is 11.3. The van der Waals surface area contributed by atoms with Crippen LogP contribution in [0.1, 0.15) is 5.56 Å². The molecular formula is C15H11N5O. The molecule has 3 heterocycles. The average molecular weight is 277 g/mol. The summed E-state index contributed by atoms with van der Waals surface area (Å²) in [5.74, 6) is 0.554. The lowest BCUT2D eigenvalue weighted by atomic mass is 10.1. The Morgan fingerprint density at radius 2 is 1.95 bits per heavy atom. The molecule has 6 heteroatoms. The molecule has 0 atom stereocenters. The second-order valence-electron chi connectivity index (χ2n) is 4.71. The highest BCUT2D eigenvalue weighted by molar-refractivity contribution is 5.72. The predicted molar refractivity (Wildman–Crippen MR) is 76.9 cm³/mol. The molecule has 0 bridgehead atoms. The van der Waals surface area contributed by atoms with Crippen molar-refractivity contribution in [2.24, 2.45) is 0 Å². The van der Waals surface area contributed by atoms with E-state index in [4.69, 9.17) is 4.42 Å². The Balaban J connectivity index is 1.87. The van der Waals surface area contributed by atoms with E-state index >= 15 is 0 Å². The minimum absolute atomic E-state index is 0.554. The second kappa shape index (κ2) is 4.52. The molecule has 3 aromatic heterocycles. The third-order valence-electron chi connectivity index (χ3n) is 3.32. The highest BCUT2D eigenvalue weighted by Gasteiger charge is 2.11. The van der Waals surface area contributed by atoms with E-state index in [2.05, 4.69) is 20.2 Å². The van der Waals surface area contributed by atoms with Crippen molar-refractivity contribution in [2.75, 3.05) is 0 Å².